The third-order valence-corrected chi connectivity index (χ3v) is 5.36. The van der Waals surface area contributed by atoms with Gasteiger partial charge in [-0.05, 0) is 88.8 Å². The van der Waals surface area contributed by atoms with Crippen LogP contribution in [0.3, 0.4) is 0 Å². The minimum atomic E-state index is -0.379. The molecule has 102 valence electrons. The van der Waals surface area contributed by atoms with Crippen molar-refractivity contribution in [2.75, 3.05) is 0 Å². The molecular weight excluding hydrogens is 232 g/mol. The van der Waals surface area contributed by atoms with E-state index in [-0.39, 0.29) is 11.2 Å². The topological polar surface area (TPSA) is 17.1 Å². The van der Waals surface area contributed by atoms with Crippen LogP contribution in [0, 0.1) is 33.1 Å². The van der Waals surface area contributed by atoms with Crippen molar-refractivity contribution < 1.29 is 4.79 Å². The third-order valence-electron chi connectivity index (χ3n) is 5.36. The molecule has 0 heterocycles. The molecule has 0 aromatic heterocycles. The normalized spacial score (nSPS) is 17.8. The van der Waals surface area contributed by atoms with E-state index in [4.69, 9.17) is 0 Å². The second-order valence-electron chi connectivity index (χ2n) is 6.45. The van der Waals surface area contributed by atoms with E-state index in [0.29, 0.717) is 0 Å². The van der Waals surface area contributed by atoms with Gasteiger partial charge < -0.3 is 0 Å². The zero-order valence-corrected chi connectivity index (χ0v) is 13.4. The van der Waals surface area contributed by atoms with Crippen LogP contribution < -0.4 is 0 Å². The summed E-state index contributed by atoms with van der Waals surface area (Å²) in [6, 6.07) is 0. The van der Waals surface area contributed by atoms with E-state index in [1.807, 2.05) is 13.8 Å². The van der Waals surface area contributed by atoms with E-state index in [2.05, 4.69) is 41.5 Å². The Bertz CT molecular complexity index is 628. The number of benzene rings is 1. The molecule has 0 saturated heterocycles. The number of allylic oxidation sites excluding steroid dienone is 2. The largest absolute Gasteiger partial charge is 0.293 e. The minimum Gasteiger partial charge on any atom is -0.293 e. The smallest absolute Gasteiger partial charge is 0.173 e. The second kappa shape index (κ2) is 4.06. The van der Waals surface area contributed by atoms with Gasteiger partial charge in [0.15, 0.2) is 5.78 Å². The van der Waals surface area contributed by atoms with Crippen molar-refractivity contribution in [3.63, 3.8) is 0 Å². The summed E-state index contributed by atoms with van der Waals surface area (Å²) in [6.45, 7) is 16.8. The molecule has 1 aliphatic carbocycles. The molecule has 1 nitrogen and oxygen atoms in total. The first-order valence-corrected chi connectivity index (χ1v) is 6.95. The fourth-order valence-electron chi connectivity index (χ4n) is 3.20. The number of carbonyl (C=O) groups is 1. The quantitative estimate of drug-likeness (QED) is 0.643. The van der Waals surface area contributed by atoms with E-state index >= 15 is 0 Å². The van der Waals surface area contributed by atoms with Crippen LogP contribution in [0.1, 0.15) is 65.9 Å². The van der Waals surface area contributed by atoms with Gasteiger partial charge in [-0.15, -0.1) is 0 Å². The van der Waals surface area contributed by atoms with Crippen LogP contribution in [0.25, 0.3) is 5.57 Å². The summed E-state index contributed by atoms with van der Waals surface area (Å²) in [7, 11) is 0. The molecule has 2 rings (SSSR count). The van der Waals surface area contributed by atoms with E-state index < -0.39 is 0 Å². The first kappa shape index (κ1) is 14.0. The van der Waals surface area contributed by atoms with E-state index in [0.717, 1.165) is 11.1 Å². The number of rotatable bonds is 0. The van der Waals surface area contributed by atoms with Crippen molar-refractivity contribution in [3.8, 4) is 0 Å². The monoisotopic (exact) mass is 256 g/mol. The molecule has 0 saturated carbocycles. The van der Waals surface area contributed by atoms with E-state index in [9.17, 15) is 4.79 Å². The predicted octanol–water partition coefficient (Wildman–Crippen LogP) is 4.94. The highest BCUT2D eigenvalue weighted by atomic mass is 16.1. The maximum atomic E-state index is 12.9. The molecule has 0 atom stereocenters. The lowest BCUT2D eigenvalue weighted by molar-refractivity contribution is 0.0871. The highest BCUT2D eigenvalue weighted by Gasteiger charge is 2.39. The molecule has 1 aliphatic rings. The summed E-state index contributed by atoms with van der Waals surface area (Å²) in [6.07, 6.45) is 0. The van der Waals surface area contributed by atoms with Crippen LogP contribution in [0.4, 0.5) is 0 Å². The maximum absolute atomic E-state index is 12.9. The highest BCUT2D eigenvalue weighted by molar-refractivity contribution is 6.11. The molecule has 1 aromatic rings. The molecule has 0 fully saturated rings. The SMILES string of the molecule is CC1=C(C)C(C)(C)C(=O)c2c(C)c(C)c(C)c(C)c21. The second-order valence-corrected chi connectivity index (χ2v) is 6.45. The van der Waals surface area contributed by atoms with Crippen molar-refractivity contribution in [2.24, 2.45) is 5.41 Å². The molecule has 0 aliphatic heterocycles. The van der Waals surface area contributed by atoms with Gasteiger partial charge in [-0.3, -0.25) is 4.79 Å². The van der Waals surface area contributed by atoms with Crippen molar-refractivity contribution >= 4 is 11.4 Å². The number of carbonyl (C=O) groups excluding carboxylic acids is 1. The summed E-state index contributed by atoms with van der Waals surface area (Å²) in [5.74, 6) is 0.272. The minimum absolute atomic E-state index is 0.272. The van der Waals surface area contributed by atoms with Crippen molar-refractivity contribution in [2.45, 2.75) is 55.4 Å². The first-order valence-electron chi connectivity index (χ1n) is 6.95. The molecule has 0 spiro atoms. The molecule has 0 N–H and O–H groups in total. The van der Waals surface area contributed by atoms with Crippen LogP contribution in [-0.2, 0) is 0 Å². The molecule has 0 unspecified atom stereocenters. The Morgan fingerprint density at radius 1 is 0.684 bits per heavy atom. The van der Waals surface area contributed by atoms with Gasteiger partial charge in [-0.2, -0.15) is 0 Å². The van der Waals surface area contributed by atoms with Crippen LogP contribution >= 0.6 is 0 Å². The highest BCUT2D eigenvalue weighted by Crippen LogP contribution is 2.45. The van der Waals surface area contributed by atoms with Gasteiger partial charge >= 0.3 is 0 Å². The van der Waals surface area contributed by atoms with Crippen molar-refractivity contribution in [1.29, 1.82) is 0 Å². The molecule has 1 aromatic carbocycles. The van der Waals surface area contributed by atoms with Gasteiger partial charge in [0.1, 0.15) is 0 Å². The third kappa shape index (κ3) is 1.64. The van der Waals surface area contributed by atoms with Crippen molar-refractivity contribution in [1.82, 2.24) is 0 Å². The number of hydrogen-bond acceptors (Lipinski definition) is 1. The van der Waals surface area contributed by atoms with Gasteiger partial charge in [0.05, 0.1) is 0 Å². The van der Waals surface area contributed by atoms with Crippen LogP contribution in [0.5, 0.6) is 0 Å². The Hall–Kier alpha value is -1.37. The van der Waals surface area contributed by atoms with Gasteiger partial charge in [-0.1, -0.05) is 5.57 Å². The van der Waals surface area contributed by atoms with Gasteiger partial charge in [0.2, 0.25) is 0 Å². The fourth-order valence-corrected chi connectivity index (χ4v) is 3.20. The Labute approximate surface area is 116 Å². The summed E-state index contributed by atoms with van der Waals surface area (Å²) < 4.78 is 0. The van der Waals surface area contributed by atoms with Crippen LogP contribution in [0.2, 0.25) is 0 Å². The summed E-state index contributed by atoms with van der Waals surface area (Å²) in [4.78, 5) is 12.9. The Morgan fingerprint density at radius 3 is 1.58 bits per heavy atom. The van der Waals surface area contributed by atoms with Crippen LogP contribution in [-0.4, -0.2) is 5.78 Å². The van der Waals surface area contributed by atoms with Crippen molar-refractivity contribution in [3.05, 3.63) is 39.0 Å². The fraction of sp³-hybridized carbons (Fsp3) is 0.500. The number of Topliss-reactive ketones (excluding diaryl/α,β-unsaturated/α-hetero) is 1. The Balaban J connectivity index is 3.01. The van der Waals surface area contributed by atoms with Gasteiger partial charge in [-0.25, -0.2) is 0 Å². The Kier molecular flexibility index (Phi) is 3.00. The maximum Gasteiger partial charge on any atom is 0.173 e. The van der Waals surface area contributed by atoms with Gasteiger partial charge in [0, 0.05) is 11.0 Å². The zero-order chi connectivity index (χ0) is 14.7. The van der Waals surface area contributed by atoms with E-state index in [1.54, 1.807) is 0 Å². The zero-order valence-electron chi connectivity index (χ0n) is 13.4. The van der Waals surface area contributed by atoms with Gasteiger partial charge in [0.25, 0.3) is 0 Å². The summed E-state index contributed by atoms with van der Waals surface area (Å²) >= 11 is 0. The molecule has 1 heteroatoms. The lowest BCUT2D eigenvalue weighted by Gasteiger charge is -2.35. The average Bonchev–Trinajstić information content (AvgIpc) is 2.36. The first-order chi connectivity index (χ1) is 8.62. The molecule has 19 heavy (non-hydrogen) atoms. The van der Waals surface area contributed by atoms with Crippen LogP contribution in [0.15, 0.2) is 5.57 Å². The molecule has 0 bridgehead atoms. The number of fused-ring (bicyclic) bond motifs is 1. The summed E-state index contributed by atoms with van der Waals surface area (Å²) in [5, 5.41) is 0. The summed E-state index contributed by atoms with van der Waals surface area (Å²) in [5.41, 5.74) is 9.23. The number of hydrogen-bond donors (Lipinski definition) is 0. The number of ketones is 1. The molecule has 0 amide bonds. The molecule has 0 radical (unpaired) electrons. The lowest BCUT2D eigenvalue weighted by atomic mass is 9.67. The van der Waals surface area contributed by atoms with E-state index in [1.165, 1.54) is 33.4 Å². The molecular formula is C18H24O. The predicted molar refractivity (Wildman–Crippen MR) is 81.8 cm³/mol. The standard InChI is InChI=1S/C18H24O/c1-9-10(2)12(4)16-15(11(9)3)13(5)14(6)18(7,8)17(16)19/h1-8H3. The lowest BCUT2D eigenvalue weighted by Crippen LogP contribution is -2.32. The average molecular weight is 256 g/mol. The Morgan fingerprint density at radius 2 is 1.11 bits per heavy atom.